The molecule has 3 N–H and O–H groups in total. The Morgan fingerprint density at radius 1 is 1.38 bits per heavy atom. The van der Waals surface area contributed by atoms with Crippen LogP contribution in [-0.2, 0) is 19.4 Å². The molecule has 0 spiro atoms. The summed E-state index contributed by atoms with van der Waals surface area (Å²) in [5.41, 5.74) is 5.67. The highest BCUT2D eigenvalue weighted by Gasteiger charge is 2.31. The summed E-state index contributed by atoms with van der Waals surface area (Å²) in [5, 5.41) is 1.93. The molecule has 1 unspecified atom stereocenters. The minimum absolute atomic E-state index is 0. The second-order valence-corrected chi connectivity index (χ2v) is 8.04. The number of nitrogens with two attached hydrogens (primary N) is 1. The predicted molar refractivity (Wildman–Crippen MR) is 82.9 cm³/mol. The van der Waals surface area contributed by atoms with Crippen molar-refractivity contribution in [2.24, 2.45) is 11.7 Å². The van der Waals surface area contributed by atoms with E-state index in [-0.39, 0.29) is 55.5 Å². The summed E-state index contributed by atoms with van der Waals surface area (Å²) in [6.07, 6.45) is 0. The third-order valence-corrected chi connectivity index (χ3v) is 5.65. The SMILES string of the molecule is CC(C)[C@H](N)C(=O)NCC(=O)N1CCS(=O)(=O)C(C)C1.Cl. The Labute approximate surface area is 131 Å². The highest BCUT2D eigenvalue weighted by Crippen LogP contribution is 2.11. The maximum absolute atomic E-state index is 11.9. The molecule has 1 fully saturated rings. The summed E-state index contributed by atoms with van der Waals surface area (Å²) in [7, 11) is -3.09. The van der Waals surface area contributed by atoms with Crippen molar-refractivity contribution < 1.29 is 18.0 Å². The first kappa shape index (κ1) is 20.1. The molecule has 0 radical (unpaired) electrons. The lowest BCUT2D eigenvalue weighted by Gasteiger charge is -2.31. The van der Waals surface area contributed by atoms with E-state index in [2.05, 4.69) is 5.32 Å². The standard InChI is InChI=1S/C12H23N3O4S.ClH/c1-8(2)11(13)12(17)14-6-10(16)15-4-5-20(18,19)9(3)7-15;/h8-9,11H,4-7,13H2,1-3H3,(H,14,17);1H/t9?,11-;/m0./s1. The monoisotopic (exact) mass is 341 g/mol. The van der Waals surface area contributed by atoms with Crippen molar-refractivity contribution in [3.05, 3.63) is 0 Å². The molecule has 2 atom stereocenters. The lowest BCUT2D eigenvalue weighted by molar-refractivity contribution is -0.133. The smallest absolute Gasteiger partial charge is 0.242 e. The van der Waals surface area contributed by atoms with Gasteiger partial charge in [-0.15, -0.1) is 12.4 Å². The van der Waals surface area contributed by atoms with Crippen LogP contribution in [0.15, 0.2) is 0 Å². The number of rotatable bonds is 4. The lowest BCUT2D eigenvalue weighted by Crippen LogP contribution is -2.52. The van der Waals surface area contributed by atoms with Gasteiger partial charge >= 0.3 is 0 Å². The molecule has 1 aliphatic heterocycles. The summed E-state index contributed by atoms with van der Waals surface area (Å²) in [5.74, 6) is -0.688. The average Bonchev–Trinajstić information content (AvgIpc) is 2.37. The highest BCUT2D eigenvalue weighted by molar-refractivity contribution is 7.92. The zero-order valence-corrected chi connectivity index (χ0v) is 14.2. The van der Waals surface area contributed by atoms with Gasteiger partial charge in [-0.2, -0.15) is 0 Å². The summed E-state index contributed by atoms with van der Waals surface area (Å²) >= 11 is 0. The molecule has 21 heavy (non-hydrogen) atoms. The second kappa shape index (κ2) is 7.95. The number of hydrogen-bond donors (Lipinski definition) is 2. The van der Waals surface area contributed by atoms with Crippen molar-refractivity contribution in [2.45, 2.75) is 32.1 Å². The van der Waals surface area contributed by atoms with E-state index in [1.165, 1.54) is 4.90 Å². The van der Waals surface area contributed by atoms with E-state index in [1.807, 2.05) is 13.8 Å². The lowest BCUT2D eigenvalue weighted by atomic mass is 10.1. The predicted octanol–water partition coefficient (Wildman–Crippen LogP) is -0.847. The van der Waals surface area contributed by atoms with Crippen LogP contribution >= 0.6 is 12.4 Å². The van der Waals surface area contributed by atoms with Gasteiger partial charge in [0.2, 0.25) is 11.8 Å². The molecule has 1 saturated heterocycles. The molecule has 1 heterocycles. The number of amides is 2. The average molecular weight is 342 g/mol. The van der Waals surface area contributed by atoms with Crippen LogP contribution in [0, 0.1) is 5.92 Å². The van der Waals surface area contributed by atoms with Gasteiger partial charge in [-0.3, -0.25) is 9.59 Å². The fraction of sp³-hybridized carbons (Fsp3) is 0.833. The van der Waals surface area contributed by atoms with Crippen LogP contribution in [-0.4, -0.2) is 61.8 Å². The number of halogens is 1. The number of sulfone groups is 1. The van der Waals surface area contributed by atoms with Crippen molar-refractivity contribution in [3.8, 4) is 0 Å². The minimum Gasteiger partial charge on any atom is -0.346 e. The summed E-state index contributed by atoms with van der Waals surface area (Å²) in [6.45, 7) is 5.44. The van der Waals surface area contributed by atoms with Gasteiger partial charge in [0.25, 0.3) is 0 Å². The van der Waals surface area contributed by atoms with Crippen LogP contribution in [0.5, 0.6) is 0 Å². The molecule has 0 aromatic rings. The van der Waals surface area contributed by atoms with Crippen LogP contribution in [0.2, 0.25) is 0 Å². The molecular formula is C12H24ClN3O4S. The zero-order valence-electron chi connectivity index (χ0n) is 12.5. The Morgan fingerprint density at radius 2 is 1.95 bits per heavy atom. The van der Waals surface area contributed by atoms with Crippen molar-refractivity contribution in [1.29, 1.82) is 0 Å². The zero-order chi connectivity index (χ0) is 15.5. The maximum Gasteiger partial charge on any atom is 0.242 e. The largest absolute Gasteiger partial charge is 0.346 e. The molecule has 0 aromatic carbocycles. The first-order valence-electron chi connectivity index (χ1n) is 6.67. The third kappa shape index (κ3) is 5.44. The Bertz CT molecular complexity index is 481. The van der Waals surface area contributed by atoms with Gasteiger partial charge in [-0.25, -0.2) is 8.42 Å². The summed E-state index contributed by atoms with van der Waals surface area (Å²) in [4.78, 5) is 25.0. The number of carbonyl (C=O) groups is 2. The highest BCUT2D eigenvalue weighted by atomic mass is 35.5. The van der Waals surface area contributed by atoms with E-state index in [4.69, 9.17) is 5.73 Å². The molecule has 124 valence electrons. The first-order chi connectivity index (χ1) is 9.15. The normalized spacial score (nSPS) is 22.3. The Hall–Kier alpha value is -0.860. The molecule has 9 heteroatoms. The molecule has 0 saturated carbocycles. The van der Waals surface area contributed by atoms with E-state index in [0.29, 0.717) is 0 Å². The van der Waals surface area contributed by atoms with Crippen LogP contribution in [0.3, 0.4) is 0 Å². The van der Waals surface area contributed by atoms with Crippen LogP contribution < -0.4 is 11.1 Å². The molecule has 1 aliphatic rings. The maximum atomic E-state index is 11.9. The van der Waals surface area contributed by atoms with Gasteiger partial charge in [-0.1, -0.05) is 13.8 Å². The van der Waals surface area contributed by atoms with Gasteiger partial charge in [-0.05, 0) is 12.8 Å². The van der Waals surface area contributed by atoms with Gasteiger partial charge in [0.15, 0.2) is 9.84 Å². The topological polar surface area (TPSA) is 110 Å². The van der Waals surface area contributed by atoms with E-state index in [1.54, 1.807) is 6.92 Å². The van der Waals surface area contributed by atoms with Gasteiger partial charge in [0, 0.05) is 13.1 Å². The van der Waals surface area contributed by atoms with Crippen molar-refractivity contribution in [3.63, 3.8) is 0 Å². The Morgan fingerprint density at radius 3 is 2.43 bits per heavy atom. The number of nitrogens with one attached hydrogen (secondary N) is 1. The number of carbonyl (C=O) groups excluding carboxylic acids is 2. The summed E-state index contributed by atoms with van der Waals surface area (Å²) < 4.78 is 23.1. The quantitative estimate of drug-likeness (QED) is 0.692. The molecule has 2 amide bonds. The molecule has 1 rings (SSSR count). The number of nitrogens with zero attached hydrogens (tertiary/aromatic N) is 1. The fourth-order valence-corrected chi connectivity index (χ4v) is 3.16. The van der Waals surface area contributed by atoms with Crippen LogP contribution in [0.4, 0.5) is 0 Å². The Kier molecular flexibility index (Phi) is 7.63. The Balaban J connectivity index is 0.00000400. The van der Waals surface area contributed by atoms with Gasteiger partial charge in [0.1, 0.15) is 0 Å². The first-order valence-corrected chi connectivity index (χ1v) is 8.39. The fourth-order valence-electron chi connectivity index (χ4n) is 1.88. The molecular weight excluding hydrogens is 318 g/mol. The van der Waals surface area contributed by atoms with Crippen molar-refractivity contribution >= 4 is 34.1 Å². The van der Waals surface area contributed by atoms with Crippen LogP contribution in [0.1, 0.15) is 20.8 Å². The van der Waals surface area contributed by atoms with Crippen molar-refractivity contribution in [2.75, 3.05) is 25.4 Å². The van der Waals surface area contributed by atoms with E-state index in [9.17, 15) is 18.0 Å². The van der Waals surface area contributed by atoms with Crippen LogP contribution in [0.25, 0.3) is 0 Å². The molecule has 7 nitrogen and oxygen atoms in total. The summed E-state index contributed by atoms with van der Waals surface area (Å²) in [6, 6.07) is -0.650. The van der Waals surface area contributed by atoms with Gasteiger partial charge < -0.3 is 16.0 Å². The van der Waals surface area contributed by atoms with E-state index >= 15 is 0 Å². The van der Waals surface area contributed by atoms with Crippen molar-refractivity contribution in [1.82, 2.24) is 10.2 Å². The van der Waals surface area contributed by atoms with E-state index in [0.717, 1.165) is 0 Å². The van der Waals surface area contributed by atoms with Gasteiger partial charge in [0.05, 0.1) is 23.6 Å². The minimum atomic E-state index is -3.09. The van der Waals surface area contributed by atoms with E-state index < -0.39 is 21.1 Å². The third-order valence-electron chi connectivity index (χ3n) is 3.52. The molecule has 0 aromatic heterocycles. The molecule has 0 aliphatic carbocycles. The molecule has 0 bridgehead atoms. The number of hydrogen-bond acceptors (Lipinski definition) is 5. The second-order valence-electron chi connectivity index (χ2n) is 5.50.